The predicted molar refractivity (Wildman–Crippen MR) is 72.8 cm³/mol. The van der Waals surface area contributed by atoms with Crippen LogP contribution in [-0.2, 0) is 0 Å². The van der Waals surface area contributed by atoms with Gasteiger partial charge in [0.1, 0.15) is 0 Å². The van der Waals surface area contributed by atoms with Crippen LogP contribution in [0.25, 0.3) is 0 Å². The average molecular weight is 247 g/mol. The summed E-state index contributed by atoms with van der Waals surface area (Å²) in [5.41, 5.74) is 1.00. The second kappa shape index (κ2) is 4.61. The van der Waals surface area contributed by atoms with E-state index in [1.807, 2.05) is 12.1 Å². The third-order valence-electron chi connectivity index (χ3n) is 3.99. The van der Waals surface area contributed by atoms with E-state index in [4.69, 9.17) is 12.2 Å². The van der Waals surface area contributed by atoms with E-state index in [1.165, 1.54) is 25.7 Å². The number of pyridine rings is 1. The van der Waals surface area contributed by atoms with Crippen molar-refractivity contribution in [3.63, 3.8) is 0 Å². The lowest BCUT2D eigenvalue weighted by molar-refractivity contribution is 0.392. The number of nitrogens with one attached hydrogen (secondary N) is 2. The second-order valence-corrected chi connectivity index (χ2v) is 5.52. The predicted octanol–water partition coefficient (Wildman–Crippen LogP) is 2.56. The Hall–Kier alpha value is -1.16. The molecule has 3 atom stereocenters. The van der Waals surface area contributed by atoms with Gasteiger partial charge in [0.25, 0.3) is 0 Å². The van der Waals surface area contributed by atoms with E-state index in [-0.39, 0.29) is 0 Å². The van der Waals surface area contributed by atoms with Gasteiger partial charge in [0.2, 0.25) is 0 Å². The first kappa shape index (κ1) is 11.0. The molecule has 3 nitrogen and oxygen atoms in total. The maximum atomic E-state index is 5.35. The van der Waals surface area contributed by atoms with E-state index >= 15 is 0 Å². The molecule has 2 aliphatic rings. The zero-order chi connectivity index (χ0) is 11.7. The summed E-state index contributed by atoms with van der Waals surface area (Å²) in [6, 6.07) is 4.44. The molecule has 0 amide bonds. The summed E-state index contributed by atoms with van der Waals surface area (Å²) in [5, 5.41) is 7.41. The Morgan fingerprint density at radius 1 is 1.24 bits per heavy atom. The first-order valence-corrected chi connectivity index (χ1v) is 6.69. The molecular formula is C13H17N3S. The standard InChI is InChI=1S/C13H17N3S/c17-13(15-11-3-5-14-6-4-11)16-12-8-9-1-2-10(12)7-9/h3-6,9-10,12H,1-2,7-8H2,(H2,14,15,16,17)/t9-,10-,12+/m0/s1. The molecule has 17 heavy (non-hydrogen) atoms. The van der Waals surface area contributed by atoms with Crippen LogP contribution in [0.15, 0.2) is 24.5 Å². The molecule has 2 bridgehead atoms. The van der Waals surface area contributed by atoms with E-state index in [0.717, 1.165) is 22.6 Å². The largest absolute Gasteiger partial charge is 0.359 e. The van der Waals surface area contributed by atoms with Gasteiger partial charge in [0, 0.05) is 24.1 Å². The molecule has 4 heteroatoms. The van der Waals surface area contributed by atoms with Crippen LogP contribution in [0.5, 0.6) is 0 Å². The van der Waals surface area contributed by atoms with Crippen molar-refractivity contribution in [3.8, 4) is 0 Å². The van der Waals surface area contributed by atoms with Crippen LogP contribution >= 0.6 is 12.2 Å². The van der Waals surface area contributed by atoms with E-state index in [2.05, 4.69) is 15.6 Å². The fourth-order valence-electron chi connectivity index (χ4n) is 3.19. The number of aromatic nitrogens is 1. The van der Waals surface area contributed by atoms with Crippen molar-refractivity contribution < 1.29 is 0 Å². The van der Waals surface area contributed by atoms with E-state index in [0.29, 0.717) is 6.04 Å². The van der Waals surface area contributed by atoms with Gasteiger partial charge in [0.05, 0.1) is 0 Å². The van der Waals surface area contributed by atoms with Crippen molar-refractivity contribution >= 4 is 23.0 Å². The number of rotatable bonds is 2. The van der Waals surface area contributed by atoms with Crippen molar-refractivity contribution in [2.24, 2.45) is 11.8 Å². The molecule has 2 fully saturated rings. The van der Waals surface area contributed by atoms with Crippen LogP contribution in [0.3, 0.4) is 0 Å². The van der Waals surface area contributed by atoms with Gasteiger partial charge in [-0.05, 0) is 55.4 Å². The summed E-state index contributed by atoms with van der Waals surface area (Å²) in [4.78, 5) is 3.98. The molecule has 2 N–H and O–H groups in total. The molecule has 0 aliphatic heterocycles. The Morgan fingerprint density at radius 2 is 2.06 bits per heavy atom. The van der Waals surface area contributed by atoms with Crippen LogP contribution < -0.4 is 10.6 Å². The van der Waals surface area contributed by atoms with Crippen molar-refractivity contribution in [1.82, 2.24) is 10.3 Å². The normalized spacial score (nSPS) is 30.2. The van der Waals surface area contributed by atoms with Crippen molar-refractivity contribution in [2.45, 2.75) is 31.7 Å². The van der Waals surface area contributed by atoms with Gasteiger partial charge in [-0.25, -0.2) is 0 Å². The van der Waals surface area contributed by atoms with Crippen molar-refractivity contribution in [3.05, 3.63) is 24.5 Å². The lowest BCUT2D eigenvalue weighted by atomic mass is 9.96. The van der Waals surface area contributed by atoms with E-state index in [1.54, 1.807) is 12.4 Å². The van der Waals surface area contributed by atoms with Crippen LogP contribution in [0.4, 0.5) is 5.69 Å². The minimum absolute atomic E-state index is 0.593. The molecule has 2 saturated carbocycles. The number of thiocarbonyl (C=S) groups is 1. The van der Waals surface area contributed by atoms with Crippen LogP contribution in [-0.4, -0.2) is 16.1 Å². The third kappa shape index (κ3) is 2.41. The van der Waals surface area contributed by atoms with Crippen molar-refractivity contribution in [2.75, 3.05) is 5.32 Å². The second-order valence-electron chi connectivity index (χ2n) is 5.12. The summed E-state index contributed by atoms with van der Waals surface area (Å²) in [5.74, 6) is 1.79. The van der Waals surface area contributed by atoms with E-state index in [9.17, 15) is 0 Å². The zero-order valence-electron chi connectivity index (χ0n) is 9.73. The minimum Gasteiger partial charge on any atom is -0.359 e. The molecule has 0 radical (unpaired) electrons. The molecular weight excluding hydrogens is 230 g/mol. The SMILES string of the molecule is S=C(Nc1ccncc1)N[C@@H]1C[C@H]2CC[C@H]1C2. The van der Waals surface area contributed by atoms with Gasteiger partial charge in [-0.2, -0.15) is 0 Å². The Kier molecular flexibility index (Phi) is 2.97. The maximum absolute atomic E-state index is 5.35. The molecule has 90 valence electrons. The van der Waals surface area contributed by atoms with Gasteiger partial charge >= 0.3 is 0 Å². The monoisotopic (exact) mass is 247 g/mol. The van der Waals surface area contributed by atoms with Gasteiger partial charge < -0.3 is 10.6 Å². The first-order valence-electron chi connectivity index (χ1n) is 6.29. The Labute approximate surface area is 107 Å². The Balaban J connectivity index is 1.54. The highest BCUT2D eigenvalue weighted by Crippen LogP contribution is 2.44. The summed E-state index contributed by atoms with van der Waals surface area (Å²) in [6.07, 6.45) is 9.02. The summed E-state index contributed by atoms with van der Waals surface area (Å²) in [7, 11) is 0. The topological polar surface area (TPSA) is 37.0 Å². The number of fused-ring (bicyclic) bond motifs is 2. The van der Waals surface area contributed by atoms with Crippen LogP contribution in [0, 0.1) is 11.8 Å². The lowest BCUT2D eigenvalue weighted by Gasteiger charge is -2.24. The quantitative estimate of drug-likeness (QED) is 0.788. The van der Waals surface area contributed by atoms with E-state index < -0.39 is 0 Å². The molecule has 1 aromatic heterocycles. The third-order valence-corrected chi connectivity index (χ3v) is 4.21. The molecule has 3 rings (SSSR count). The number of anilines is 1. The number of nitrogens with zero attached hydrogens (tertiary/aromatic N) is 1. The van der Waals surface area contributed by atoms with Gasteiger partial charge in [0.15, 0.2) is 5.11 Å². The highest BCUT2D eigenvalue weighted by atomic mass is 32.1. The highest BCUT2D eigenvalue weighted by molar-refractivity contribution is 7.80. The molecule has 0 unspecified atom stereocenters. The average Bonchev–Trinajstić information content (AvgIpc) is 2.92. The molecule has 1 aromatic rings. The van der Waals surface area contributed by atoms with Gasteiger partial charge in [-0.15, -0.1) is 0 Å². The molecule has 0 saturated heterocycles. The molecule has 1 heterocycles. The summed E-state index contributed by atoms with van der Waals surface area (Å²) < 4.78 is 0. The van der Waals surface area contributed by atoms with Crippen LogP contribution in [0.2, 0.25) is 0 Å². The Bertz CT molecular complexity index is 406. The fraction of sp³-hybridized carbons (Fsp3) is 0.538. The highest BCUT2D eigenvalue weighted by Gasteiger charge is 2.39. The molecule has 0 aromatic carbocycles. The summed E-state index contributed by atoms with van der Waals surface area (Å²) >= 11 is 5.35. The van der Waals surface area contributed by atoms with Crippen molar-refractivity contribution in [1.29, 1.82) is 0 Å². The first-order chi connectivity index (χ1) is 8.31. The smallest absolute Gasteiger partial charge is 0.171 e. The molecule has 0 spiro atoms. The Morgan fingerprint density at radius 3 is 2.71 bits per heavy atom. The van der Waals surface area contributed by atoms with Crippen LogP contribution in [0.1, 0.15) is 25.7 Å². The minimum atomic E-state index is 0.593. The number of hydrogen-bond donors (Lipinski definition) is 2. The summed E-state index contributed by atoms with van der Waals surface area (Å²) in [6.45, 7) is 0. The molecule has 2 aliphatic carbocycles. The zero-order valence-corrected chi connectivity index (χ0v) is 10.5. The van der Waals surface area contributed by atoms with Gasteiger partial charge in [-0.1, -0.05) is 6.42 Å². The number of hydrogen-bond acceptors (Lipinski definition) is 2. The lowest BCUT2D eigenvalue weighted by Crippen LogP contribution is -2.40. The maximum Gasteiger partial charge on any atom is 0.171 e. The fourth-order valence-corrected chi connectivity index (χ4v) is 3.46. The van der Waals surface area contributed by atoms with Gasteiger partial charge in [-0.3, -0.25) is 4.98 Å².